The van der Waals surface area contributed by atoms with E-state index >= 15 is 0 Å². The maximum Gasteiger partial charge on any atom is 0.490 e. The predicted octanol–water partition coefficient (Wildman–Crippen LogP) is 2.42. The van der Waals surface area contributed by atoms with Gasteiger partial charge in [-0.1, -0.05) is 0 Å². The van der Waals surface area contributed by atoms with Crippen LogP contribution < -0.4 is 0 Å². The van der Waals surface area contributed by atoms with Gasteiger partial charge in [-0.05, 0) is 27.7 Å². The van der Waals surface area contributed by atoms with Crippen LogP contribution in [-0.2, 0) is 4.79 Å². The molecule has 0 heterocycles. The van der Waals surface area contributed by atoms with E-state index in [1.54, 1.807) is 0 Å². The molecule has 0 unspecified atom stereocenters. The third kappa shape index (κ3) is 8.35. The Morgan fingerprint density at radius 1 is 1.00 bits per heavy atom. The smallest absolute Gasteiger partial charge is 0.475 e. The van der Waals surface area contributed by atoms with Crippen molar-refractivity contribution in [1.82, 2.24) is 4.90 Å². The Bertz CT molecular complexity index is 255. The van der Waals surface area contributed by atoms with Gasteiger partial charge >= 0.3 is 18.2 Å². The van der Waals surface area contributed by atoms with Crippen molar-refractivity contribution in [2.45, 2.75) is 46.0 Å². The molecule has 17 heavy (non-hydrogen) atoms. The highest BCUT2D eigenvalue weighted by atomic mass is 19.4. The molecule has 0 aromatic heterocycles. The Morgan fingerprint density at radius 2 is 1.24 bits per heavy atom. The van der Waals surface area contributed by atoms with Gasteiger partial charge < -0.3 is 15.1 Å². The number of carboxylic acid groups (broad SMARTS) is 2. The van der Waals surface area contributed by atoms with E-state index in [4.69, 9.17) is 15.0 Å². The molecule has 0 aromatic carbocycles. The van der Waals surface area contributed by atoms with Gasteiger partial charge in [0.1, 0.15) is 0 Å². The zero-order valence-corrected chi connectivity index (χ0v) is 9.95. The summed E-state index contributed by atoms with van der Waals surface area (Å²) >= 11 is 0. The summed E-state index contributed by atoms with van der Waals surface area (Å²) in [6.45, 7) is 7.48. The number of rotatable bonds is 2. The van der Waals surface area contributed by atoms with Crippen LogP contribution in [0.15, 0.2) is 0 Å². The standard InChI is InChI=1S/C7H15NO2.C2HF3O2/c1-5(2)8(6(3)4)7(9)10;3-2(4,5)1(6)7/h5-6H,1-4H3,(H,9,10);(H,6,7). The van der Waals surface area contributed by atoms with Gasteiger partial charge in [0.2, 0.25) is 0 Å². The normalized spacial score (nSPS) is 10.9. The fourth-order valence-corrected chi connectivity index (χ4v) is 1.04. The number of carboxylic acids is 1. The monoisotopic (exact) mass is 259 g/mol. The van der Waals surface area contributed by atoms with Crippen molar-refractivity contribution >= 4 is 12.1 Å². The number of hydrogen-bond donors (Lipinski definition) is 2. The minimum absolute atomic E-state index is 0.0671. The van der Waals surface area contributed by atoms with Gasteiger partial charge in [0.25, 0.3) is 0 Å². The van der Waals surface area contributed by atoms with Crippen LogP contribution in [0.5, 0.6) is 0 Å². The summed E-state index contributed by atoms with van der Waals surface area (Å²) < 4.78 is 31.7. The van der Waals surface area contributed by atoms with E-state index < -0.39 is 18.2 Å². The van der Waals surface area contributed by atoms with Crippen molar-refractivity contribution < 1.29 is 33.0 Å². The number of carbonyl (C=O) groups is 2. The minimum atomic E-state index is -5.08. The molecule has 0 aliphatic carbocycles. The van der Waals surface area contributed by atoms with E-state index in [1.165, 1.54) is 4.90 Å². The molecule has 1 amide bonds. The van der Waals surface area contributed by atoms with E-state index in [2.05, 4.69) is 0 Å². The number of aliphatic carboxylic acids is 1. The van der Waals surface area contributed by atoms with Crippen molar-refractivity contribution in [3.8, 4) is 0 Å². The fraction of sp³-hybridized carbons (Fsp3) is 0.778. The fourth-order valence-electron chi connectivity index (χ4n) is 1.04. The molecule has 0 fully saturated rings. The average Bonchev–Trinajstić information content (AvgIpc) is 1.99. The summed E-state index contributed by atoms with van der Waals surface area (Å²) in [7, 11) is 0. The van der Waals surface area contributed by atoms with Crippen LogP contribution in [0.2, 0.25) is 0 Å². The first-order valence-electron chi connectivity index (χ1n) is 4.72. The predicted molar refractivity (Wildman–Crippen MR) is 53.8 cm³/mol. The Balaban J connectivity index is 0. The quantitative estimate of drug-likeness (QED) is 0.798. The molecule has 0 aliphatic rings. The van der Waals surface area contributed by atoms with Crippen molar-refractivity contribution in [3.63, 3.8) is 0 Å². The van der Waals surface area contributed by atoms with E-state index in [-0.39, 0.29) is 12.1 Å². The van der Waals surface area contributed by atoms with Crippen molar-refractivity contribution in [1.29, 1.82) is 0 Å². The molecule has 0 atom stereocenters. The van der Waals surface area contributed by atoms with Crippen LogP contribution in [0.1, 0.15) is 27.7 Å². The second kappa shape index (κ2) is 6.97. The maximum atomic E-state index is 10.6. The molecular formula is C9H16F3NO4. The van der Waals surface area contributed by atoms with Gasteiger partial charge in [-0.3, -0.25) is 0 Å². The van der Waals surface area contributed by atoms with Crippen LogP contribution in [0, 0.1) is 0 Å². The molecule has 0 aromatic rings. The molecule has 102 valence electrons. The van der Waals surface area contributed by atoms with Gasteiger partial charge in [-0.15, -0.1) is 0 Å². The zero-order chi connectivity index (χ0) is 14.4. The second-order valence-electron chi connectivity index (χ2n) is 3.68. The zero-order valence-electron chi connectivity index (χ0n) is 9.95. The lowest BCUT2D eigenvalue weighted by atomic mass is 10.2. The summed E-state index contributed by atoms with van der Waals surface area (Å²) in [6, 6.07) is 0.134. The van der Waals surface area contributed by atoms with Crippen LogP contribution in [0.4, 0.5) is 18.0 Å². The topological polar surface area (TPSA) is 77.8 Å². The molecule has 2 N–H and O–H groups in total. The molecule has 0 radical (unpaired) electrons. The molecular weight excluding hydrogens is 243 g/mol. The molecule has 5 nitrogen and oxygen atoms in total. The van der Waals surface area contributed by atoms with Gasteiger partial charge in [-0.2, -0.15) is 13.2 Å². The summed E-state index contributed by atoms with van der Waals surface area (Å²) in [5.74, 6) is -2.76. The van der Waals surface area contributed by atoms with Crippen LogP contribution in [0.3, 0.4) is 0 Å². The molecule has 0 saturated carbocycles. The number of nitrogens with zero attached hydrogens (tertiary/aromatic N) is 1. The highest BCUT2D eigenvalue weighted by Crippen LogP contribution is 2.13. The van der Waals surface area contributed by atoms with Crippen molar-refractivity contribution in [2.24, 2.45) is 0 Å². The highest BCUT2D eigenvalue weighted by molar-refractivity contribution is 5.73. The van der Waals surface area contributed by atoms with Gasteiger partial charge in [0.15, 0.2) is 0 Å². The van der Waals surface area contributed by atoms with Crippen molar-refractivity contribution in [2.75, 3.05) is 0 Å². The molecule has 0 aliphatic heterocycles. The third-order valence-corrected chi connectivity index (χ3v) is 1.58. The summed E-state index contributed by atoms with van der Waals surface area (Å²) in [5, 5.41) is 15.8. The van der Waals surface area contributed by atoms with E-state index in [1.807, 2.05) is 27.7 Å². The molecule has 0 bridgehead atoms. The van der Waals surface area contributed by atoms with Gasteiger partial charge in [0.05, 0.1) is 0 Å². The number of hydrogen-bond acceptors (Lipinski definition) is 2. The Kier molecular flexibility index (Phi) is 7.35. The van der Waals surface area contributed by atoms with Gasteiger partial charge in [-0.25, -0.2) is 9.59 Å². The Hall–Kier alpha value is -1.47. The number of halogens is 3. The summed E-state index contributed by atoms with van der Waals surface area (Å²) in [5.41, 5.74) is 0. The lowest BCUT2D eigenvalue weighted by molar-refractivity contribution is -0.192. The van der Waals surface area contributed by atoms with Gasteiger partial charge in [0, 0.05) is 12.1 Å². The van der Waals surface area contributed by atoms with E-state index in [9.17, 15) is 18.0 Å². The average molecular weight is 259 g/mol. The Labute approximate surface area is 96.8 Å². The maximum absolute atomic E-state index is 10.6. The second-order valence-corrected chi connectivity index (χ2v) is 3.68. The first-order valence-corrected chi connectivity index (χ1v) is 4.72. The van der Waals surface area contributed by atoms with Crippen LogP contribution >= 0.6 is 0 Å². The lowest BCUT2D eigenvalue weighted by Gasteiger charge is -2.27. The first-order chi connectivity index (χ1) is 7.41. The first kappa shape index (κ1) is 17.9. The van der Waals surface area contributed by atoms with Crippen molar-refractivity contribution in [3.05, 3.63) is 0 Å². The van der Waals surface area contributed by atoms with E-state index in [0.717, 1.165) is 0 Å². The lowest BCUT2D eigenvalue weighted by Crippen LogP contribution is -2.40. The minimum Gasteiger partial charge on any atom is -0.475 e. The molecule has 0 spiro atoms. The molecule has 0 saturated heterocycles. The number of alkyl halides is 3. The van der Waals surface area contributed by atoms with Crippen LogP contribution in [-0.4, -0.2) is 45.4 Å². The summed E-state index contributed by atoms with van der Waals surface area (Å²) in [4.78, 5) is 20.8. The SMILES string of the molecule is CC(C)N(C(=O)O)C(C)C.O=C(O)C(F)(F)F. The van der Waals surface area contributed by atoms with Crippen LogP contribution in [0.25, 0.3) is 0 Å². The number of amides is 1. The summed E-state index contributed by atoms with van der Waals surface area (Å²) in [6.07, 6.45) is -5.93. The Morgan fingerprint density at radius 3 is 1.24 bits per heavy atom. The largest absolute Gasteiger partial charge is 0.490 e. The van der Waals surface area contributed by atoms with E-state index in [0.29, 0.717) is 0 Å². The molecule has 0 rings (SSSR count). The third-order valence-electron chi connectivity index (χ3n) is 1.58. The molecule has 8 heteroatoms. The highest BCUT2D eigenvalue weighted by Gasteiger charge is 2.38.